The third-order valence-corrected chi connectivity index (χ3v) is 6.00. The minimum atomic E-state index is -3.73. The second-order valence-electron chi connectivity index (χ2n) is 4.40. The van der Waals surface area contributed by atoms with Gasteiger partial charge < -0.3 is 0 Å². The van der Waals surface area contributed by atoms with Gasteiger partial charge in [-0.2, -0.15) is 0 Å². The number of sulfonamides is 1. The van der Waals surface area contributed by atoms with Crippen LogP contribution < -0.4 is 4.72 Å². The van der Waals surface area contributed by atoms with Gasteiger partial charge in [0.15, 0.2) is 0 Å². The molecule has 0 spiro atoms. The summed E-state index contributed by atoms with van der Waals surface area (Å²) >= 11 is 12.9. The smallest absolute Gasteiger partial charge is 0.253 e. The van der Waals surface area contributed by atoms with Crippen LogP contribution in [0.2, 0.25) is 10.0 Å². The molecule has 0 saturated heterocycles. The van der Waals surface area contributed by atoms with E-state index in [1.165, 1.54) is 29.5 Å². The molecule has 0 bridgehead atoms. The Hall–Kier alpha value is -0.890. The zero-order valence-corrected chi connectivity index (χ0v) is 13.2. The lowest BCUT2D eigenvalue weighted by atomic mass is 10.4. The summed E-state index contributed by atoms with van der Waals surface area (Å²) in [5.74, 6) is 0.440. The lowest BCUT2D eigenvalue weighted by molar-refractivity contribution is 0.601. The van der Waals surface area contributed by atoms with Crippen molar-refractivity contribution >= 4 is 49.7 Å². The van der Waals surface area contributed by atoms with Crippen LogP contribution in [0.5, 0.6) is 0 Å². The Balaban J connectivity index is 1.84. The molecule has 1 saturated carbocycles. The molecule has 1 heterocycles. The zero-order chi connectivity index (χ0) is 14.3. The van der Waals surface area contributed by atoms with Crippen LogP contribution in [0.25, 0.3) is 0 Å². The average Bonchev–Trinajstić information content (AvgIpc) is 3.14. The average molecular weight is 350 g/mol. The molecule has 0 unspecified atom stereocenters. The van der Waals surface area contributed by atoms with Crippen molar-refractivity contribution in [3.63, 3.8) is 0 Å². The van der Waals surface area contributed by atoms with Crippen LogP contribution >= 0.6 is 34.5 Å². The maximum Gasteiger partial charge on any atom is 0.263 e. The van der Waals surface area contributed by atoms with Gasteiger partial charge in [-0.05, 0) is 31.0 Å². The molecule has 0 radical (unpaired) electrons. The summed E-state index contributed by atoms with van der Waals surface area (Å²) in [5, 5.41) is 9.45. The molecule has 1 aliphatic carbocycles. The molecule has 20 heavy (non-hydrogen) atoms. The molecule has 0 atom stereocenters. The number of halogens is 2. The second kappa shape index (κ2) is 5.14. The number of benzene rings is 1. The van der Waals surface area contributed by atoms with Gasteiger partial charge in [-0.3, -0.25) is 4.72 Å². The monoisotopic (exact) mass is 349 g/mol. The molecule has 106 valence electrons. The standard InChI is InChI=1S/C11H9Cl2N3O2S2/c12-8-4-3-7(5-9(8)13)20(17,18)16-11-15-14-10(19-11)6-1-2-6/h3-6H,1-2H2,(H,15,16). The van der Waals surface area contributed by atoms with Gasteiger partial charge in [-0.25, -0.2) is 8.42 Å². The Kier molecular flexibility index (Phi) is 3.62. The SMILES string of the molecule is O=S(=O)(Nc1nnc(C2CC2)s1)c1ccc(Cl)c(Cl)c1. The van der Waals surface area contributed by atoms with Gasteiger partial charge in [-0.1, -0.05) is 34.5 Å². The predicted octanol–water partition coefficient (Wildman–Crippen LogP) is 3.52. The highest BCUT2D eigenvalue weighted by Crippen LogP contribution is 2.42. The number of hydrogen-bond acceptors (Lipinski definition) is 5. The fourth-order valence-corrected chi connectivity index (χ4v) is 4.12. The normalized spacial score (nSPS) is 15.3. The first kappa shape index (κ1) is 14.1. The highest BCUT2D eigenvalue weighted by Gasteiger charge is 2.28. The first-order chi connectivity index (χ1) is 9.45. The second-order valence-corrected chi connectivity index (χ2v) is 7.91. The van der Waals surface area contributed by atoms with E-state index in [2.05, 4.69) is 14.9 Å². The van der Waals surface area contributed by atoms with E-state index < -0.39 is 10.0 Å². The summed E-state index contributed by atoms with van der Waals surface area (Å²) < 4.78 is 26.8. The van der Waals surface area contributed by atoms with E-state index in [0.29, 0.717) is 10.9 Å². The van der Waals surface area contributed by atoms with E-state index in [1.54, 1.807) is 0 Å². The molecule has 1 N–H and O–H groups in total. The molecule has 3 rings (SSSR count). The summed E-state index contributed by atoms with van der Waals surface area (Å²) in [5.41, 5.74) is 0. The van der Waals surface area contributed by atoms with Crippen molar-refractivity contribution in [2.45, 2.75) is 23.7 Å². The molecule has 5 nitrogen and oxygen atoms in total. The van der Waals surface area contributed by atoms with Crippen LogP contribution in [0.1, 0.15) is 23.8 Å². The predicted molar refractivity (Wildman–Crippen MR) is 79.2 cm³/mol. The molecule has 1 aromatic carbocycles. The minimum absolute atomic E-state index is 0.0371. The first-order valence-electron chi connectivity index (χ1n) is 5.77. The highest BCUT2D eigenvalue weighted by atomic mass is 35.5. The van der Waals surface area contributed by atoms with Crippen molar-refractivity contribution in [1.82, 2.24) is 10.2 Å². The molecule has 1 aromatic heterocycles. The molecular weight excluding hydrogens is 341 g/mol. The van der Waals surface area contributed by atoms with E-state index in [-0.39, 0.29) is 15.0 Å². The number of rotatable bonds is 4. The first-order valence-corrected chi connectivity index (χ1v) is 8.82. The van der Waals surface area contributed by atoms with Gasteiger partial charge in [0.05, 0.1) is 14.9 Å². The molecular formula is C11H9Cl2N3O2S2. The Bertz CT molecular complexity index is 757. The summed E-state index contributed by atoms with van der Waals surface area (Å²) in [6.45, 7) is 0. The number of hydrogen-bond donors (Lipinski definition) is 1. The van der Waals surface area contributed by atoms with Gasteiger partial charge in [0, 0.05) is 5.92 Å². The molecule has 9 heteroatoms. The summed E-state index contributed by atoms with van der Waals surface area (Å²) in [7, 11) is -3.73. The Morgan fingerprint density at radius 3 is 2.60 bits per heavy atom. The van der Waals surface area contributed by atoms with Gasteiger partial charge in [-0.15, -0.1) is 10.2 Å². The Labute approximate surface area is 130 Å². The zero-order valence-electron chi connectivity index (χ0n) is 10.0. The van der Waals surface area contributed by atoms with Crippen molar-refractivity contribution < 1.29 is 8.42 Å². The van der Waals surface area contributed by atoms with Crippen LogP contribution in [-0.4, -0.2) is 18.6 Å². The van der Waals surface area contributed by atoms with Crippen molar-refractivity contribution in [3.8, 4) is 0 Å². The number of nitrogens with one attached hydrogen (secondary N) is 1. The largest absolute Gasteiger partial charge is 0.263 e. The molecule has 1 aliphatic rings. The number of nitrogens with zero attached hydrogens (tertiary/aromatic N) is 2. The van der Waals surface area contributed by atoms with Crippen molar-refractivity contribution in [1.29, 1.82) is 0 Å². The topological polar surface area (TPSA) is 72.0 Å². The maximum absolute atomic E-state index is 12.2. The van der Waals surface area contributed by atoms with Gasteiger partial charge in [0.2, 0.25) is 5.13 Å². The molecule has 0 aliphatic heterocycles. The molecule has 1 fully saturated rings. The van der Waals surface area contributed by atoms with E-state index in [1.807, 2.05) is 0 Å². The van der Waals surface area contributed by atoms with Crippen LogP contribution in [0.15, 0.2) is 23.1 Å². The number of anilines is 1. The van der Waals surface area contributed by atoms with E-state index in [9.17, 15) is 8.42 Å². The Morgan fingerprint density at radius 2 is 1.95 bits per heavy atom. The quantitative estimate of drug-likeness (QED) is 0.916. The number of aromatic nitrogens is 2. The van der Waals surface area contributed by atoms with E-state index >= 15 is 0 Å². The highest BCUT2D eigenvalue weighted by molar-refractivity contribution is 7.93. The third kappa shape index (κ3) is 2.90. The fourth-order valence-electron chi connectivity index (χ4n) is 1.59. The lowest BCUT2D eigenvalue weighted by Gasteiger charge is -2.05. The van der Waals surface area contributed by atoms with Crippen LogP contribution in [0.3, 0.4) is 0 Å². The van der Waals surface area contributed by atoms with Crippen molar-refractivity contribution in [2.24, 2.45) is 0 Å². The summed E-state index contributed by atoms with van der Waals surface area (Å²) in [4.78, 5) is 0.0371. The van der Waals surface area contributed by atoms with Gasteiger partial charge in [0.25, 0.3) is 10.0 Å². The van der Waals surface area contributed by atoms with Crippen LogP contribution in [0.4, 0.5) is 5.13 Å². The van der Waals surface area contributed by atoms with Crippen molar-refractivity contribution in [2.75, 3.05) is 4.72 Å². The lowest BCUT2D eigenvalue weighted by Crippen LogP contribution is -2.12. The van der Waals surface area contributed by atoms with Gasteiger partial charge >= 0.3 is 0 Å². The Morgan fingerprint density at radius 1 is 1.20 bits per heavy atom. The van der Waals surface area contributed by atoms with E-state index in [0.717, 1.165) is 17.8 Å². The molecule has 2 aromatic rings. The summed E-state index contributed by atoms with van der Waals surface area (Å²) in [6, 6.07) is 4.13. The van der Waals surface area contributed by atoms with Crippen molar-refractivity contribution in [3.05, 3.63) is 33.3 Å². The summed E-state index contributed by atoms with van der Waals surface area (Å²) in [6.07, 6.45) is 2.18. The molecule has 0 amide bonds. The van der Waals surface area contributed by atoms with Crippen LogP contribution in [0, 0.1) is 0 Å². The maximum atomic E-state index is 12.2. The third-order valence-electron chi connectivity index (χ3n) is 2.79. The minimum Gasteiger partial charge on any atom is -0.253 e. The van der Waals surface area contributed by atoms with Crippen LogP contribution in [-0.2, 0) is 10.0 Å². The fraction of sp³-hybridized carbons (Fsp3) is 0.273. The van der Waals surface area contributed by atoms with E-state index in [4.69, 9.17) is 23.2 Å². The van der Waals surface area contributed by atoms with Gasteiger partial charge in [0.1, 0.15) is 5.01 Å².